The maximum absolute atomic E-state index is 4.11. The van der Waals surface area contributed by atoms with Crippen molar-refractivity contribution in [2.24, 2.45) is 4.99 Å². The molecule has 0 aromatic rings. The van der Waals surface area contributed by atoms with E-state index in [-0.39, 0.29) is 0 Å². The zero-order valence-electron chi connectivity index (χ0n) is 5.09. The number of rotatable bonds is 0. The van der Waals surface area contributed by atoms with Crippen LogP contribution in [0.15, 0.2) is 16.3 Å². The van der Waals surface area contributed by atoms with Crippen LogP contribution in [0.3, 0.4) is 0 Å². The lowest BCUT2D eigenvalue weighted by Crippen LogP contribution is -2.16. The molecule has 0 unspecified atom stereocenters. The van der Waals surface area contributed by atoms with E-state index in [4.69, 9.17) is 0 Å². The highest BCUT2D eigenvalue weighted by molar-refractivity contribution is 5.80. The molecule has 47 valence electrons. The quantitative estimate of drug-likeness (QED) is 0.476. The highest BCUT2D eigenvalue weighted by atomic mass is 15.4. The van der Waals surface area contributed by atoms with Crippen LogP contribution in [0.2, 0.25) is 0 Å². The first-order valence-electron chi connectivity index (χ1n) is 3.11. The molecule has 2 aliphatic rings. The lowest BCUT2D eigenvalue weighted by atomic mass is 10.1. The third-order valence-corrected chi connectivity index (χ3v) is 1.61. The summed E-state index contributed by atoms with van der Waals surface area (Å²) in [5.41, 5.74) is 9.46. The summed E-state index contributed by atoms with van der Waals surface area (Å²) in [4.78, 5) is 4.11. The van der Waals surface area contributed by atoms with E-state index < -0.39 is 0 Å². The Morgan fingerprint density at radius 3 is 3.44 bits per heavy atom. The van der Waals surface area contributed by atoms with Crippen molar-refractivity contribution in [3.8, 4) is 0 Å². The maximum atomic E-state index is 4.11. The standard InChI is InChI=1S/C6H8N3/c1-2-7-4-6-5(1)3-8-9-6/h4,9H,1-3H2. The predicted molar refractivity (Wildman–Crippen MR) is 35.1 cm³/mol. The number of nitrogens with zero attached hydrogens (tertiary/aromatic N) is 2. The average molecular weight is 122 g/mol. The van der Waals surface area contributed by atoms with E-state index in [1.165, 1.54) is 5.57 Å². The fourth-order valence-corrected chi connectivity index (χ4v) is 1.07. The monoisotopic (exact) mass is 122 g/mol. The Morgan fingerprint density at radius 1 is 1.56 bits per heavy atom. The van der Waals surface area contributed by atoms with E-state index in [0.29, 0.717) is 0 Å². The van der Waals surface area contributed by atoms with Gasteiger partial charge in [0.2, 0.25) is 0 Å². The van der Waals surface area contributed by atoms with Crippen LogP contribution in [-0.2, 0) is 0 Å². The van der Waals surface area contributed by atoms with Gasteiger partial charge in [0.1, 0.15) is 0 Å². The van der Waals surface area contributed by atoms with Gasteiger partial charge in [-0.05, 0) is 12.0 Å². The topological polar surface area (TPSA) is 38.5 Å². The molecule has 0 amide bonds. The molecule has 0 aromatic heterocycles. The molecule has 3 heteroatoms. The molecule has 2 rings (SSSR count). The normalized spacial score (nSPS) is 24.0. The third kappa shape index (κ3) is 0.733. The lowest BCUT2D eigenvalue weighted by Gasteiger charge is -2.03. The smallest absolute Gasteiger partial charge is 0.0689 e. The first kappa shape index (κ1) is 4.99. The summed E-state index contributed by atoms with van der Waals surface area (Å²) < 4.78 is 0. The van der Waals surface area contributed by atoms with Gasteiger partial charge in [0.05, 0.1) is 12.2 Å². The van der Waals surface area contributed by atoms with Gasteiger partial charge in [-0.25, -0.2) is 0 Å². The molecular formula is C6H8N3. The van der Waals surface area contributed by atoms with Gasteiger partial charge in [0.25, 0.3) is 0 Å². The van der Waals surface area contributed by atoms with E-state index in [0.717, 1.165) is 25.2 Å². The van der Waals surface area contributed by atoms with Gasteiger partial charge in [0, 0.05) is 12.8 Å². The third-order valence-electron chi connectivity index (χ3n) is 1.61. The molecule has 1 N–H and O–H groups in total. The van der Waals surface area contributed by atoms with E-state index in [1.54, 1.807) is 0 Å². The van der Waals surface area contributed by atoms with Crippen LogP contribution in [0, 0.1) is 0 Å². The number of hydrogen-bond donors (Lipinski definition) is 1. The Labute approximate surface area is 53.8 Å². The van der Waals surface area contributed by atoms with Crippen LogP contribution in [0.5, 0.6) is 0 Å². The lowest BCUT2D eigenvalue weighted by molar-refractivity contribution is 0.693. The van der Waals surface area contributed by atoms with Crippen molar-refractivity contribution in [2.45, 2.75) is 6.42 Å². The second-order valence-corrected chi connectivity index (χ2v) is 2.23. The Morgan fingerprint density at radius 2 is 2.56 bits per heavy atom. The summed E-state index contributed by atoms with van der Waals surface area (Å²) in [5, 5.41) is 0. The first-order valence-corrected chi connectivity index (χ1v) is 3.11. The highest BCUT2D eigenvalue weighted by Gasteiger charge is 2.14. The Balaban J connectivity index is 2.28. The van der Waals surface area contributed by atoms with Crippen LogP contribution in [-0.4, -0.2) is 19.3 Å². The van der Waals surface area contributed by atoms with Crippen molar-refractivity contribution in [1.82, 2.24) is 10.9 Å². The van der Waals surface area contributed by atoms with E-state index >= 15 is 0 Å². The van der Waals surface area contributed by atoms with Gasteiger partial charge in [0.15, 0.2) is 0 Å². The van der Waals surface area contributed by atoms with Crippen LogP contribution in [0.25, 0.3) is 0 Å². The predicted octanol–water partition coefficient (Wildman–Crippen LogP) is -0.162. The van der Waals surface area contributed by atoms with Crippen LogP contribution in [0.1, 0.15) is 6.42 Å². The molecule has 0 spiro atoms. The molecule has 0 atom stereocenters. The van der Waals surface area contributed by atoms with Crippen LogP contribution >= 0.6 is 0 Å². The SMILES string of the molecule is C1=NCCC2=C1N[N]C2. The molecule has 0 saturated carbocycles. The molecule has 1 radical (unpaired) electrons. The highest BCUT2D eigenvalue weighted by Crippen LogP contribution is 2.12. The average Bonchev–Trinajstić information content (AvgIpc) is 2.33. The zero-order chi connectivity index (χ0) is 6.10. The van der Waals surface area contributed by atoms with Crippen molar-refractivity contribution in [1.29, 1.82) is 0 Å². The van der Waals surface area contributed by atoms with Gasteiger partial charge in [-0.2, -0.15) is 0 Å². The van der Waals surface area contributed by atoms with Crippen molar-refractivity contribution in [3.63, 3.8) is 0 Å². The fourth-order valence-electron chi connectivity index (χ4n) is 1.07. The number of nitrogens with one attached hydrogen (secondary N) is 1. The molecule has 2 heterocycles. The minimum Gasteiger partial charge on any atom is -0.302 e. The minimum atomic E-state index is 0.862. The summed E-state index contributed by atoms with van der Waals surface area (Å²) in [6, 6.07) is 0. The Kier molecular flexibility index (Phi) is 1.02. The summed E-state index contributed by atoms with van der Waals surface area (Å²) in [5.74, 6) is 0. The fraction of sp³-hybridized carbons (Fsp3) is 0.500. The van der Waals surface area contributed by atoms with Gasteiger partial charge >= 0.3 is 0 Å². The van der Waals surface area contributed by atoms with Gasteiger partial charge in [-0.1, -0.05) is 0 Å². The van der Waals surface area contributed by atoms with Crippen LogP contribution < -0.4 is 10.9 Å². The Bertz CT molecular complexity index is 181. The summed E-state index contributed by atoms with van der Waals surface area (Å²) in [6.45, 7) is 1.80. The molecular weight excluding hydrogens is 114 g/mol. The molecule has 0 aliphatic carbocycles. The molecule has 0 saturated heterocycles. The number of aliphatic imine (C=N–C) groups is 1. The summed E-state index contributed by atoms with van der Waals surface area (Å²) >= 11 is 0. The van der Waals surface area contributed by atoms with E-state index in [2.05, 4.69) is 15.8 Å². The second kappa shape index (κ2) is 1.84. The Hall–Kier alpha value is -0.830. The van der Waals surface area contributed by atoms with Crippen molar-refractivity contribution >= 4 is 6.21 Å². The number of hydrogen-bond acceptors (Lipinski definition) is 2. The van der Waals surface area contributed by atoms with Gasteiger partial charge in [-0.3, -0.25) is 4.99 Å². The number of dihydropyridines is 1. The maximum Gasteiger partial charge on any atom is 0.0689 e. The van der Waals surface area contributed by atoms with Crippen molar-refractivity contribution in [2.75, 3.05) is 13.1 Å². The van der Waals surface area contributed by atoms with E-state index in [9.17, 15) is 0 Å². The van der Waals surface area contributed by atoms with Crippen molar-refractivity contribution in [3.05, 3.63) is 11.3 Å². The summed E-state index contributed by atoms with van der Waals surface area (Å²) in [7, 11) is 0. The molecule has 0 fully saturated rings. The van der Waals surface area contributed by atoms with Gasteiger partial charge in [-0.15, -0.1) is 5.43 Å². The first-order chi connectivity index (χ1) is 4.47. The molecule has 3 nitrogen and oxygen atoms in total. The van der Waals surface area contributed by atoms with Gasteiger partial charge < -0.3 is 5.43 Å². The zero-order valence-corrected chi connectivity index (χ0v) is 5.09. The van der Waals surface area contributed by atoms with Crippen LogP contribution in [0.4, 0.5) is 0 Å². The number of allylic oxidation sites excluding steroid dienone is 1. The molecule has 0 aromatic carbocycles. The molecule has 2 aliphatic heterocycles. The summed E-state index contributed by atoms with van der Waals surface area (Å²) in [6.07, 6.45) is 2.96. The van der Waals surface area contributed by atoms with E-state index in [1.807, 2.05) is 6.21 Å². The minimum absolute atomic E-state index is 0.862. The second-order valence-electron chi connectivity index (χ2n) is 2.23. The molecule has 9 heavy (non-hydrogen) atoms. The largest absolute Gasteiger partial charge is 0.302 e. The molecule has 0 bridgehead atoms. The van der Waals surface area contributed by atoms with Crippen molar-refractivity contribution < 1.29 is 0 Å².